The Labute approximate surface area is 98.9 Å². The highest BCUT2D eigenvalue weighted by molar-refractivity contribution is 7.91. The van der Waals surface area contributed by atoms with E-state index in [1.165, 1.54) is 25.7 Å². The molecule has 2 fully saturated rings. The highest BCUT2D eigenvalue weighted by atomic mass is 32.2. The van der Waals surface area contributed by atoms with Crippen molar-refractivity contribution < 1.29 is 8.42 Å². The minimum Gasteiger partial charge on any atom is -0.314 e. The second-order valence-electron chi connectivity index (χ2n) is 5.65. The van der Waals surface area contributed by atoms with E-state index in [2.05, 4.69) is 12.2 Å². The van der Waals surface area contributed by atoms with Gasteiger partial charge in [0.1, 0.15) is 0 Å². The fourth-order valence-electron chi connectivity index (χ4n) is 2.99. The number of sulfone groups is 1. The summed E-state index contributed by atoms with van der Waals surface area (Å²) in [6.07, 6.45) is 6.07. The summed E-state index contributed by atoms with van der Waals surface area (Å²) in [5, 5.41) is 3.57. The molecule has 4 heteroatoms. The zero-order valence-corrected chi connectivity index (χ0v) is 10.9. The highest BCUT2D eigenvalue weighted by Crippen LogP contribution is 2.24. The first-order valence-electron chi connectivity index (χ1n) is 6.49. The van der Waals surface area contributed by atoms with E-state index in [0.29, 0.717) is 23.5 Å². The standard InChI is InChI=1S/C12H23NO2S/c1-10-3-2-4-12(7-10)13-8-11-5-6-16(14,15)9-11/h10-13H,2-9H2,1H3. The first-order valence-corrected chi connectivity index (χ1v) is 8.31. The fraction of sp³-hybridized carbons (Fsp3) is 1.00. The lowest BCUT2D eigenvalue weighted by atomic mass is 9.87. The maximum absolute atomic E-state index is 11.3. The SMILES string of the molecule is CC1CCCC(NCC2CCS(=O)(=O)C2)C1. The van der Waals surface area contributed by atoms with Crippen molar-refractivity contribution in [3.8, 4) is 0 Å². The van der Waals surface area contributed by atoms with E-state index in [1.807, 2.05) is 0 Å². The molecule has 0 amide bonds. The summed E-state index contributed by atoms with van der Waals surface area (Å²) in [6.45, 7) is 3.21. The summed E-state index contributed by atoms with van der Waals surface area (Å²) in [5.74, 6) is 2.00. The molecule has 94 valence electrons. The lowest BCUT2D eigenvalue weighted by Gasteiger charge is -2.28. The monoisotopic (exact) mass is 245 g/mol. The third-order valence-electron chi connectivity index (χ3n) is 3.96. The Hall–Kier alpha value is -0.0900. The molecule has 2 rings (SSSR count). The average molecular weight is 245 g/mol. The van der Waals surface area contributed by atoms with Crippen LogP contribution in [-0.2, 0) is 9.84 Å². The molecular formula is C12H23NO2S. The van der Waals surface area contributed by atoms with Gasteiger partial charge in [0, 0.05) is 6.04 Å². The van der Waals surface area contributed by atoms with E-state index in [-0.39, 0.29) is 0 Å². The number of rotatable bonds is 3. The fourth-order valence-corrected chi connectivity index (χ4v) is 4.85. The van der Waals surface area contributed by atoms with Gasteiger partial charge in [0.05, 0.1) is 11.5 Å². The summed E-state index contributed by atoms with van der Waals surface area (Å²) in [4.78, 5) is 0. The quantitative estimate of drug-likeness (QED) is 0.821. The molecule has 0 radical (unpaired) electrons. The number of nitrogens with one attached hydrogen (secondary N) is 1. The Kier molecular flexibility index (Phi) is 3.90. The van der Waals surface area contributed by atoms with Crippen molar-refractivity contribution >= 4 is 9.84 Å². The second-order valence-corrected chi connectivity index (χ2v) is 7.87. The molecule has 1 saturated heterocycles. The number of hydrogen-bond donors (Lipinski definition) is 1. The molecule has 1 aliphatic heterocycles. The molecule has 0 aromatic heterocycles. The summed E-state index contributed by atoms with van der Waals surface area (Å²) in [5.41, 5.74) is 0. The smallest absolute Gasteiger partial charge is 0.150 e. The zero-order chi connectivity index (χ0) is 11.6. The van der Waals surface area contributed by atoms with Crippen molar-refractivity contribution in [1.29, 1.82) is 0 Å². The Morgan fingerprint density at radius 1 is 1.25 bits per heavy atom. The summed E-state index contributed by atoms with van der Waals surface area (Å²) in [7, 11) is -2.70. The van der Waals surface area contributed by atoms with Crippen molar-refractivity contribution in [1.82, 2.24) is 5.32 Å². The maximum Gasteiger partial charge on any atom is 0.150 e. The topological polar surface area (TPSA) is 46.2 Å². The normalized spacial score (nSPS) is 38.7. The van der Waals surface area contributed by atoms with Gasteiger partial charge in [0.25, 0.3) is 0 Å². The molecule has 1 saturated carbocycles. The number of hydrogen-bond acceptors (Lipinski definition) is 3. The molecule has 0 bridgehead atoms. The molecule has 3 nitrogen and oxygen atoms in total. The zero-order valence-electron chi connectivity index (χ0n) is 10.1. The molecule has 1 heterocycles. The van der Waals surface area contributed by atoms with Gasteiger partial charge in [-0.05, 0) is 37.6 Å². The third-order valence-corrected chi connectivity index (χ3v) is 5.80. The van der Waals surface area contributed by atoms with Crippen LogP contribution >= 0.6 is 0 Å². The lowest BCUT2D eigenvalue weighted by Crippen LogP contribution is -2.37. The Morgan fingerprint density at radius 2 is 2.06 bits per heavy atom. The third kappa shape index (κ3) is 3.45. The van der Waals surface area contributed by atoms with Gasteiger partial charge in [0.2, 0.25) is 0 Å². The van der Waals surface area contributed by atoms with Crippen LogP contribution in [0.1, 0.15) is 39.0 Å². The second kappa shape index (κ2) is 5.05. The van der Waals surface area contributed by atoms with Gasteiger partial charge in [-0.2, -0.15) is 0 Å². The van der Waals surface area contributed by atoms with Crippen LogP contribution in [0.25, 0.3) is 0 Å². The van der Waals surface area contributed by atoms with Crippen LogP contribution in [0.4, 0.5) is 0 Å². The molecule has 1 N–H and O–H groups in total. The Morgan fingerprint density at radius 3 is 2.69 bits per heavy atom. The predicted molar refractivity (Wildman–Crippen MR) is 66.2 cm³/mol. The molecule has 1 aliphatic carbocycles. The van der Waals surface area contributed by atoms with E-state index in [1.54, 1.807) is 0 Å². The largest absolute Gasteiger partial charge is 0.314 e. The van der Waals surface area contributed by atoms with Crippen molar-refractivity contribution in [3.63, 3.8) is 0 Å². The Balaban J connectivity index is 1.71. The van der Waals surface area contributed by atoms with Gasteiger partial charge >= 0.3 is 0 Å². The van der Waals surface area contributed by atoms with Crippen molar-refractivity contribution in [2.45, 2.75) is 45.1 Å². The van der Waals surface area contributed by atoms with Crippen molar-refractivity contribution in [2.24, 2.45) is 11.8 Å². The van der Waals surface area contributed by atoms with Crippen LogP contribution in [0.5, 0.6) is 0 Å². The predicted octanol–water partition coefficient (Wildman–Crippen LogP) is 1.59. The van der Waals surface area contributed by atoms with Crippen molar-refractivity contribution in [2.75, 3.05) is 18.1 Å². The summed E-state index contributed by atoms with van der Waals surface area (Å²) < 4.78 is 22.6. The van der Waals surface area contributed by atoms with E-state index >= 15 is 0 Å². The first-order chi connectivity index (χ1) is 7.55. The van der Waals surface area contributed by atoms with E-state index in [9.17, 15) is 8.42 Å². The van der Waals surface area contributed by atoms with E-state index < -0.39 is 9.84 Å². The molecule has 0 spiro atoms. The van der Waals surface area contributed by atoms with Crippen LogP contribution in [0.15, 0.2) is 0 Å². The summed E-state index contributed by atoms with van der Waals surface area (Å²) in [6, 6.07) is 0.632. The van der Waals surface area contributed by atoms with Crippen LogP contribution in [0.2, 0.25) is 0 Å². The van der Waals surface area contributed by atoms with Crippen LogP contribution in [0.3, 0.4) is 0 Å². The molecule has 0 aromatic carbocycles. The molecule has 3 unspecified atom stereocenters. The molecule has 16 heavy (non-hydrogen) atoms. The molecular weight excluding hydrogens is 222 g/mol. The summed E-state index contributed by atoms with van der Waals surface area (Å²) >= 11 is 0. The molecule has 0 aromatic rings. The van der Waals surface area contributed by atoms with Crippen LogP contribution in [0, 0.1) is 11.8 Å². The highest BCUT2D eigenvalue weighted by Gasteiger charge is 2.28. The lowest BCUT2D eigenvalue weighted by molar-refractivity contribution is 0.292. The van der Waals surface area contributed by atoms with Gasteiger partial charge in [-0.25, -0.2) is 8.42 Å². The molecule has 3 atom stereocenters. The first kappa shape index (κ1) is 12.4. The van der Waals surface area contributed by atoms with E-state index in [0.717, 1.165) is 18.9 Å². The van der Waals surface area contributed by atoms with Gasteiger partial charge < -0.3 is 5.32 Å². The van der Waals surface area contributed by atoms with Crippen LogP contribution < -0.4 is 5.32 Å². The van der Waals surface area contributed by atoms with Gasteiger partial charge in [-0.1, -0.05) is 19.8 Å². The van der Waals surface area contributed by atoms with Crippen LogP contribution in [-0.4, -0.2) is 32.5 Å². The maximum atomic E-state index is 11.3. The Bertz CT molecular complexity index is 326. The van der Waals surface area contributed by atoms with Gasteiger partial charge in [-0.3, -0.25) is 0 Å². The average Bonchev–Trinajstić information content (AvgIpc) is 2.56. The minimum absolute atomic E-state index is 0.363. The molecule has 2 aliphatic rings. The van der Waals surface area contributed by atoms with E-state index in [4.69, 9.17) is 0 Å². The van der Waals surface area contributed by atoms with Gasteiger partial charge in [0.15, 0.2) is 9.84 Å². The van der Waals surface area contributed by atoms with Gasteiger partial charge in [-0.15, -0.1) is 0 Å². The minimum atomic E-state index is -2.70. The van der Waals surface area contributed by atoms with Crippen molar-refractivity contribution in [3.05, 3.63) is 0 Å².